The fraction of sp³-hybridized carbons (Fsp3) is 0.538. The average Bonchev–Trinajstić information content (AvgIpc) is 4.05. The predicted molar refractivity (Wildman–Crippen MR) is 277 cm³/mol. The van der Waals surface area contributed by atoms with Crippen LogP contribution in [0.5, 0.6) is 5.75 Å². The number of carbonyl (C=O) groups excluding carboxylic acids is 8. The van der Waals surface area contributed by atoms with Crippen LogP contribution in [-0.4, -0.2) is 146 Å². The Hall–Kier alpha value is -6.75. The van der Waals surface area contributed by atoms with Gasteiger partial charge in [0.2, 0.25) is 23.6 Å². The first kappa shape index (κ1) is 59.1. The van der Waals surface area contributed by atoms with Crippen molar-refractivity contribution >= 4 is 70.6 Å². The van der Waals surface area contributed by atoms with E-state index in [9.17, 15) is 43.5 Å². The molecule has 4 bridgehead atoms. The Morgan fingerprint density at radius 2 is 1.73 bits per heavy atom. The van der Waals surface area contributed by atoms with Crippen molar-refractivity contribution in [2.45, 2.75) is 134 Å². The number of methoxy groups -OCH3 is 2. The van der Waals surface area contributed by atoms with E-state index in [1.165, 1.54) is 71.3 Å². The topological polar surface area (TPSA) is 299 Å². The van der Waals surface area contributed by atoms with Crippen LogP contribution < -0.4 is 42.0 Å². The first-order valence-electron chi connectivity index (χ1n) is 24.6. The molecule has 0 unspecified atom stereocenters. The zero-order valence-electron chi connectivity index (χ0n) is 44.2. The third kappa shape index (κ3) is 14.8. The van der Waals surface area contributed by atoms with Crippen LogP contribution in [0.4, 0.5) is 21.0 Å². The van der Waals surface area contributed by atoms with E-state index in [1.54, 1.807) is 52.0 Å². The molecule has 8 amide bonds. The Morgan fingerprint density at radius 3 is 2.35 bits per heavy atom. The Bertz CT molecular complexity index is 2540. The van der Waals surface area contributed by atoms with Gasteiger partial charge in [-0.15, -0.1) is 0 Å². The van der Waals surface area contributed by atoms with Crippen molar-refractivity contribution in [3.8, 4) is 5.75 Å². The van der Waals surface area contributed by atoms with Crippen LogP contribution in [0.3, 0.4) is 0 Å². The lowest BCUT2D eigenvalue weighted by molar-refractivity contribution is -0.158. The zero-order valence-corrected chi connectivity index (χ0v) is 45.0. The molecule has 410 valence electrons. The Morgan fingerprint density at radius 1 is 1.05 bits per heavy atom. The fourth-order valence-electron chi connectivity index (χ4n) is 9.11. The second-order valence-corrected chi connectivity index (χ2v) is 20.2. The van der Waals surface area contributed by atoms with Gasteiger partial charge in [-0.05, 0) is 87.9 Å². The largest absolute Gasteiger partial charge is 0.495 e. The number of anilines is 2. The molecule has 2 aromatic rings. The summed E-state index contributed by atoms with van der Waals surface area (Å²) >= 11 is 6.82. The van der Waals surface area contributed by atoms with Crippen LogP contribution in [0.25, 0.3) is 0 Å². The lowest BCUT2D eigenvalue weighted by Gasteiger charge is -2.42. The number of halogens is 1. The van der Waals surface area contributed by atoms with Crippen molar-refractivity contribution in [2.75, 3.05) is 45.1 Å². The Kier molecular flexibility index (Phi) is 19.9. The molecule has 3 aliphatic rings. The molecule has 0 aromatic heterocycles. The molecule has 23 heteroatoms. The predicted octanol–water partition coefficient (Wildman–Crippen LogP) is 3.86. The van der Waals surface area contributed by atoms with Crippen LogP contribution in [0.1, 0.15) is 90.1 Å². The highest BCUT2D eigenvalue weighted by atomic mass is 35.5. The van der Waals surface area contributed by atoms with Gasteiger partial charge in [0.25, 0.3) is 5.91 Å². The number of urea groups is 1. The smallest absolute Gasteiger partial charge is 0.409 e. The molecule has 75 heavy (non-hydrogen) atoms. The summed E-state index contributed by atoms with van der Waals surface area (Å²) in [4.78, 5) is 108. The number of hydrogen-bond donors (Lipinski definition) is 7. The zero-order chi connectivity index (χ0) is 55.7. The van der Waals surface area contributed by atoms with Crippen molar-refractivity contribution in [3.63, 3.8) is 0 Å². The van der Waals surface area contributed by atoms with Crippen molar-refractivity contribution in [2.24, 2.45) is 17.6 Å². The number of amides is 8. The second kappa shape index (κ2) is 25.2. The Balaban J connectivity index is 1.37. The maximum Gasteiger partial charge on any atom is 0.409 e. The number of esters is 1. The molecular formula is C52H71ClN8O14. The number of carbonyl (C=O) groups is 8. The maximum absolute atomic E-state index is 14.4. The monoisotopic (exact) mass is 1070 g/mol. The summed E-state index contributed by atoms with van der Waals surface area (Å²) in [5.74, 6) is -4.24. The molecule has 22 nitrogen and oxygen atoms in total. The summed E-state index contributed by atoms with van der Waals surface area (Å²) in [6.45, 7) is 11.6. The number of hydrogen-bond acceptors (Lipinski definition) is 14. The average molecular weight is 1070 g/mol. The number of nitrogens with two attached hydrogens (primary N) is 1. The van der Waals surface area contributed by atoms with E-state index in [0.29, 0.717) is 17.9 Å². The van der Waals surface area contributed by atoms with Crippen LogP contribution in [0, 0.1) is 11.8 Å². The van der Waals surface area contributed by atoms with Crippen LogP contribution in [0.15, 0.2) is 60.2 Å². The van der Waals surface area contributed by atoms with Crippen molar-refractivity contribution in [1.29, 1.82) is 0 Å². The number of epoxide rings is 1. The summed E-state index contributed by atoms with van der Waals surface area (Å²) in [5.41, 5.74) is 4.28. The number of nitrogens with one attached hydrogen (secondary N) is 5. The molecule has 3 aliphatic heterocycles. The number of aliphatic hydroxyl groups is 1. The van der Waals surface area contributed by atoms with Crippen molar-refractivity contribution in [3.05, 3.63) is 76.3 Å². The van der Waals surface area contributed by atoms with Gasteiger partial charge in [0.05, 0.1) is 25.3 Å². The standard InChI is InChI=1S/C52H71ClN8O14/c1-27(2)43(56-31(6)62)46(65)58-35(15-13-21-55-49(54)68)45(64)57-34-19-17-33(18-20-34)47(66)60(8)30(5)48(67)74-40-25-41(63)61(9)36-23-32(24-37(71-10)42(36)53)22-28(3)14-12-16-39(72-11)52(70)26-38(73-50(69)59-52)29(4)44-51(40,7)75-44/h12,14,16-20,23-24,27,29-30,35,38-40,43-44,70H,13,15,21-22,25-26H2,1-11H3,(H,56,62)(H,57,64)(H,58,65)(H,59,69)(H3,54,55,68)/b16-12+,28-14+/t29-,30+,35+,38+,39-,40+,43+,44+,51+,52+/m1/s1. The molecule has 8 N–H and O–H groups in total. The Labute approximate surface area is 441 Å². The van der Waals surface area contributed by atoms with E-state index in [2.05, 4.69) is 26.6 Å². The summed E-state index contributed by atoms with van der Waals surface area (Å²) in [6.07, 6.45) is 0.508. The first-order chi connectivity index (χ1) is 35.2. The third-order valence-corrected chi connectivity index (χ3v) is 14.1. The lowest BCUT2D eigenvalue weighted by Crippen LogP contribution is -2.63. The molecule has 0 saturated carbocycles. The molecule has 0 spiro atoms. The van der Waals surface area contributed by atoms with E-state index in [-0.39, 0.29) is 48.0 Å². The van der Waals surface area contributed by atoms with Gasteiger partial charge < -0.3 is 65.6 Å². The molecule has 5 rings (SSSR count). The first-order valence-corrected chi connectivity index (χ1v) is 25.0. The quantitative estimate of drug-likeness (QED) is 0.0714. The van der Waals surface area contributed by atoms with Gasteiger partial charge in [0.15, 0.2) is 5.72 Å². The minimum absolute atomic E-state index is 0.0925. The number of benzene rings is 2. The number of ether oxygens (including phenoxy) is 5. The van der Waals surface area contributed by atoms with E-state index in [1.807, 2.05) is 13.0 Å². The lowest BCUT2D eigenvalue weighted by atomic mass is 9.83. The highest BCUT2D eigenvalue weighted by Crippen LogP contribution is 2.49. The molecule has 2 aromatic carbocycles. The van der Waals surface area contributed by atoms with Crippen LogP contribution in [0.2, 0.25) is 5.02 Å². The second-order valence-electron chi connectivity index (χ2n) is 19.8. The number of alkyl carbamates (subject to hydrolysis) is 1. The van der Waals surface area contributed by atoms with Crippen LogP contribution in [-0.2, 0) is 49.3 Å². The molecule has 10 atom stereocenters. The number of primary amides is 1. The SMILES string of the molecule is COc1cc2cc(c1Cl)N(C)C(=O)C[C@H](OC(=O)[C@H](C)N(C)C(=O)c1ccc(NC(=O)[C@H](CCCNC(N)=O)NC(=O)[C@@H](NC(C)=O)C(C)C)cc1)[C@]1(C)O[C@H]1[C@H](C)[C@@H]1C[C@@](O)(NC(=O)O1)[C@H](OC)/C=C/C=C(\C)C2. The summed E-state index contributed by atoms with van der Waals surface area (Å²) in [6, 6.07) is 5.29. The van der Waals surface area contributed by atoms with E-state index in [4.69, 9.17) is 41.0 Å². The molecular weight excluding hydrogens is 996 g/mol. The van der Waals surface area contributed by atoms with Gasteiger partial charge in [-0.25, -0.2) is 14.4 Å². The molecule has 0 radical (unpaired) electrons. The maximum atomic E-state index is 14.4. The minimum atomic E-state index is -1.90. The van der Waals surface area contributed by atoms with Gasteiger partial charge in [0, 0.05) is 58.3 Å². The number of rotatable bonds is 16. The number of nitrogens with zero attached hydrogens (tertiary/aromatic N) is 2. The van der Waals surface area contributed by atoms with Gasteiger partial charge in [-0.2, -0.15) is 0 Å². The van der Waals surface area contributed by atoms with Gasteiger partial charge in [-0.3, -0.25) is 29.3 Å². The van der Waals surface area contributed by atoms with Gasteiger partial charge in [0.1, 0.15) is 52.8 Å². The third-order valence-electron chi connectivity index (χ3n) is 13.8. The minimum Gasteiger partial charge on any atom is -0.495 e. The van der Waals surface area contributed by atoms with Crippen molar-refractivity contribution in [1.82, 2.24) is 26.2 Å². The van der Waals surface area contributed by atoms with Gasteiger partial charge in [-0.1, -0.05) is 56.2 Å². The summed E-state index contributed by atoms with van der Waals surface area (Å²) in [7, 11) is 5.79. The number of fused-ring (bicyclic) bond motifs is 5. The molecule has 2 fully saturated rings. The number of likely N-dealkylation sites (N-methyl/N-ethyl adjacent to an activating group) is 1. The van der Waals surface area contributed by atoms with E-state index in [0.717, 1.165) is 16.0 Å². The van der Waals surface area contributed by atoms with Crippen LogP contribution >= 0.6 is 11.6 Å². The molecule has 2 saturated heterocycles. The summed E-state index contributed by atoms with van der Waals surface area (Å²) < 4.78 is 29.5. The summed E-state index contributed by atoms with van der Waals surface area (Å²) in [5, 5.41) is 25.0. The normalized spacial score (nSPS) is 26.0. The number of allylic oxidation sites excluding steroid dienone is 3. The molecule has 3 heterocycles. The fourth-order valence-corrected chi connectivity index (χ4v) is 9.42. The van der Waals surface area contributed by atoms with Crippen molar-refractivity contribution < 1.29 is 67.1 Å². The van der Waals surface area contributed by atoms with E-state index >= 15 is 0 Å². The highest BCUT2D eigenvalue weighted by molar-refractivity contribution is 6.35. The van der Waals surface area contributed by atoms with E-state index < -0.39 is 114 Å². The van der Waals surface area contributed by atoms with Gasteiger partial charge >= 0.3 is 18.1 Å². The molecule has 0 aliphatic carbocycles. The highest BCUT2D eigenvalue weighted by Gasteiger charge is 2.64.